The van der Waals surface area contributed by atoms with E-state index in [1.165, 1.54) is 13.2 Å². The van der Waals surface area contributed by atoms with Crippen LogP contribution in [0.25, 0.3) is 0 Å². The highest BCUT2D eigenvalue weighted by Gasteiger charge is 2.39. The second-order valence-corrected chi connectivity index (χ2v) is 10.6. The lowest BCUT2D eigenvalue weighted by Gasteiger charge is -2.38. The summed E-state index contributed by atoms with van der Waals surface area (Å²) in [5.41, 5.74) is 1.84. The molecule has 0 bridgehead atoms. The first-order valence-electron chi connectivity index (χ1n) is 12.6. The molecule has 0 aromatic heterocycles. The summed E-state index contributed by atoms with van der Waals surface area (Å²) >= 11 is 0. The SMILES string of the molecule is COC(=O)C[C@@H]1COc2cc(O[C@@H]3CCc4c3ccc(C(F)(F)F)c4CN3CCOC(C)(C)C3)ccc21. The molecule has 0 radical (unpaired) electrons. The number of morpholine rings is 1. The first-order valence-corrected chi connectivity index (χ1v) is 12.6. The Balaban J connectivity index is 1.38. The Hall–Kier alpha value is -2.78. The van der Waals surface area contributed by atoms with Crippen LogP contribution < -0.4 is 9.47 Å². The smallest absolute Gasteiger partial charge is 0.416 e. The van der Waals surface area contributed by atoms with E-state index in [1.807, 2.05) is 30.9 Å². The maximum atomic E-state index is 14.0. The summed E-state index contributed by atoms with van der Waals surface area (Å²) in [6.07, 6.45) is -3.41. The monoisotopic (exact) mass is 519 g/mol. The van der Waals surface area contributed by atoms with Crippen LogP contribution in [0.5, 0.6) is 11.5 Å². The number of ether oxygens (including phenoxy) is 4. The van der Waals surface area contributed by atoms with Crippen molar-refractivity contribution in [3.8, 4) is 11.5 Å². The van der Waals surface area contributed by atoms with Crippen molar-refractivity contribution in [3.05, 3.63) is 58.1 Å². The van der Waals surface area contributed by atoms with Gasteiger partial charge in [0.05, 0.1) is 37.9 Å². The Bertz CT molecular complexity index is 1180. The van der Waals surface area contributed by atoms with Crippen molar-refractivity contribution >= 4 is 5.97 Å². The molecule has 1 fully saturated rings. The van der Waals surface area contributed by atoms with Crippen molar-refractivity contribution < 1.29 is 36.9 Å². The van der Waals surface area contributed by atoms with E-state index in [9.17, 15) is 18.0 Å². The third-order valence-electron chi connectivity index (χ3n) is 7.45. The van der Waals surface area contributed by atoms with Gasteiger partial charge in [0.1, 0.15) is 17.6 Å². The van der Waals surface area contributed by atoms with E-state index in [0.717, 1.165) is 16.7 Å². The van der Waals surface area contributed by atoms with Crippen LogP contribution >= 0.6 is 0 Å². The van der Waals surface area contributed by atoms with Crippen LogP contribution in [0.4, 0.5) is 13.2 Å². The first kappa shape index (κ1) is 25.9. The van der Waals surface area contributed by atoms with Crippen molar-refractivity contribution in [2.24, 2.45) is 0 Å². The Morgan fingerprint density at radius 1 is 1.19 bits per heavy atom. The fourth-order valence-corrected chi connectivity index (χ4v) is 5.73. The molecule has 2 aromatic carbocycles. The minimum atomic E-state index is -4.43. The summed E-state index contributed by atoms with van der Waals surface area (Å²) in [5.74, 6) is 0.885. The zero-order chi connectivity index (χ0) is 26.4. The van der Waals surface area contributed by atoms with E-state index < -0.39 is 17.3 Å². The maximum absolute atomic E-state index is 14.0. The number of alkyl halides is 3. The Morgan fingerprint density at radius 3 is 2.70 bits per heavy atom. The summed E-state index contributed by atoms with van der Waals surface area (Å²) in [6.45, 7) is 6.20. The summed E-state index contributed by atoms with van der Waals surface area (Å²) in [7, 11) is 1.36. The topological polar surface area (TPSA) is 57.2 Å². The molecule has 1 aliphatic carbocycles. The second-order valence-electron chi connectivity index (χ2n) is 10.6. The van der Waals surface area contributed by atoms with Gasteiger partial charge in [-0.15, -0.1) is 0 Å². The summed E-state index contributed by atoms with van der Waals surface area (Å²) in [4.78, 5) is 13.7. The van der Waals surface area contributed by atoms with Crippen molar-refractivity contribution in [3.63, 3.8) is 0 Å². The molecule has 0 saturated carbocycles. The van der Waals surface area contributed by atoms with Gasteiger partial charge in [-0.05, 0) is 55.5 Å². The molecule has 0 amide bonds. The van der Waals surface area contributed by atoms with E-state index in [4.69, 9.17) is 18.9 Å². The second kappa shape index (κ2) is 9.83. The number of hydrogen-bond acceptors (Lipinski definition) is 6. The highest BCUT2D eigenvalue weighted by atomic mass is 19.4. The zero-order valence-corrected chi connectivity index (χ0v) is 21.3. The standard InChI is InChI=1S/C28H32F3NO5/c1-27(2)16-32(10-11-36-27)14-22-20-7-9-24(21(20)6-8-23(22)28(29,30)31)37-18-4-5-19-17(12-26(33)34-3)15-35-25(19)13-18/h4-6,8,13,17,24H,7,9-12,14-16H2,1-3H3/t17-,24-/m1/s1. The Kier molecular flexibility index (Phi) is 6.87. The lowest BCUT2D eigenvalue weighted by atomic mass is 9.95. The molecule has 37 heavy (non-hydrogen) atoms. The summed E-state index contributed by atoms with van der Waals surface area (Å²) in [6, 6.07) is 8.28. The lowest BCUT2D eigenvalue weighted by Crippen LogP contribution is -2.48. The number of esters is 1. The minimum Gasteiger partial charge on any atom is -0.492 e. The minimum absolute atomic E-state index is 0.0720. The molecule has 1 saturated heterocycles. The number of carbonyl (C=O) groups is 1. The van der Waals surface area contributed by atoms with E-state index in [0.29, 0.717) is 56.2 Å². The molecule has 3 aliphatic rings. The average Bonchev–Trinajstić information content (AvgIpc) is 3.42. The fraction of sp³-hybridized carbons (Fsp3) is 0.536. The molecular formula is C28H32F3NO5. The van der Waals surface area contributed by atoms with Crippen molar-refractivity contribution in [1.29, 1.82) is 0 Å². The predicted octanol–water partition coefficient (Wildman–Crippen LogP) is 5.42. The number of carbonyl (C=O) groups excluding carboxylic acids is 1. The van der Waals surface area contributed by atoms with Gasteiger partial charge in [0.2, 0.25) is 0 Å². The number of hydrogen-bond donors (Lipinski definition) is 0. The van der Waals surface area contributed by atoms with Crippen molar-refractivity contribution in [2.45, 2.75) is 63.5 Å². The van der Waals surface area contributed by atoms with Crippen molar-refractivity contribution in [2.75, 3.05) is 33.4 Å². The molecule has 200 valence electrons. The number of fused-ring (bicyclic) bond motifs is 2. The molecule has 0 unspecified atom stereocenters. The van der Waals surface area contributed by atoms with Crippen LogP contribution in [0.15, 0.2) is 30.3 Å². The lowest BCUT2D eigenvalue weighted by molar-refractivity contribution is -0.141. The number of benzene rings is 2. The van der Waals surface area contributed by atoms with Gasteiger partial charge < -0.3 is 18.9 Å². The van der Waals surface area contributed by atoms with Crippen molar-refractivity contribution in [1.82, 2.24) is 4.90 Å². The summed E-state index contributed by atoms with van der Waals surface area (Å²) < 4.78 is 64.6. The molecule has 0 spiro atoms. The van der Waals surface area contributed by atoms with Crippen LogP contribution in [0.2, 0.25) is 0 Å². The molecule has 0 N–H and O–H groups in total. The molecule has 6 nitrogen and oxygen atoms in total. The third-order valence-corrected chi connectivity index (χ3v) is 7.45. The molecule has 2 atom stereocenters. The van der Waals surface area contributed by atoms with Crippen LogP contribution in [-0.2, 0) is 33.4 Å². The summed E-state index contributed by atoms with van der Waals surface area (Å²) in [5, 5.41) is 0. The van der Waals surface area contributed by atoms with E-state index in [2.05, 4.69) is 0 Å². The fourth-order valence-electron chi connectivity index (χ4n) is 5.73. The third kappa shape index (κ3) is 5.43. The van der Waals surface area contributed by atoms with Crippen LogP contribution in [-0.4, -0.2) is 49.9 Å². The van der Waals surface area contributed by atoms with Gasteiger partial charge in [0.15, 0.2) is 0 Å². The molecule has 5 rings (SSSR count). The van der Waals surface area contributed by atoms with Crippen LogP contribution in [0.3, 0.4) is 0 Å². The van der Waals surface area contributed by atoms with Crippen LogP contribution in [0, 0.1) is 0 Å². The number of halogens is 3. The first-order chi connectivity index (χ1) is 17.5. The molecular weight excluding hydrogens is 487 g/mol. The number of methoxy groups -OCH3 is 1. The maximum Gasteiger partial charge on any atom is 0.416 e. The van der Waals surface area contributed by atoms with Gasteiger partial charge in [0, 0.05) is 37.2 Å². The van der Waals surface area contributed by atoms with Gasteiger partial charge in [-0.3, -0.25) is 9.69 Å². The quantitative estimate of drug-likeness (QED) is 0.475. The van der Waals surface area contributed by atoms with E-state index in [1.54, 1.807) is 12.1 Å². The van der Waals surface area contributed by atoms with Gasteiger partial charge in [-0.25, -0.2) is 0 Å². The zero-order valence-electron chi connectivity index (χ0n) is 21.3. The number of nitrogens with zero attached hydrogens (tertiary/aromatic N) is 1. The molecule has 9 heteroatoms. The van der Waals surface area contributed by atoms with Gasteiger partial charge in [-0.2, -0.15) is 13.2 Å². The van der Waals surface area contributed by atoms with Gasteiger partial charge >= 0.3 is 12.1 Å². The highest BCUT2D eigenvalue weighted by molar-refractivity contribution is 5.71. The van der Waals surface area contributed by atoms with Gasteiger partial charge in [-0.1, -0.05) is 12.1 Å². The predicted molar refractivity (Wildman–Crippen MR) is 130 cm³/mol. The molecule has 2 aromatic rings. The average molecular weight is 520 g/mol. The Morgan fingerprint density at radius 2 is 1.97 bits per heavy atom. The van der Waals surface area contributed by atoms with Crippen LogP contribution in [0.1, 0.15) is 66.5 Å². The Labute approximate surface area is 214 Å². The van der Waals surface area contributed by atoms with E-state index >= 15 is 0 Å². The largest absolute Gasteiger partial charge is 0.492 e. The highest BCUT2D eigenvalue weighted by Crippen LogP contribution is 2.44. The molecule has 2 aliphatic heterocycles. The normalized spacial score (nSPS) is 22.8. The molecule has 2 heterocycles. The van der Waals surface area contributed by atoms with E-state index in [-0.39, 0.29) is 31.0 Å². The van der Waals surface area contributed by atoms with Gasteiger partial charge in [0.25, 0.3) is 0 Å². The number of rotatable bonds is 6.